The van der Waals surface area contributed by atoms with Crippen molar-refractivity contribution in [2.24, 2.45) is 5.92 Å². The van der Waals surface area contributed by atoms with E-state index in [1.807, 2.05) is 30.3 Å². The van der Waals surface area contributed by atoms with Gasteiger partial charge in [-0.15, -0.1) is 0 Å². The topological polar surface area (TPSA) is 76.1 Å². The molecule has 0 saturated carbocycles. The SMILES string of the molecule is COCCN1C(=O)C(=O)C(=C(O)c2ccc(OCC(C)C)cc2)[C@H]1c1ccccc1. The maximum absolute atomic E-state index is 12.8. The first kappa shape index (κ1) is 21.6. The number of methoxy groups -OCH3 is 1. The summed E-state index contributed by atoms with van der Waals surface area (Å²) in [6, 6.07) is 15.4. The highest BCUT2D eigenvalue weighted by atomic mass is 16.5. The molecule has 0 bridgehead atoms. The lowest BCUT2D eigenvalue weighted by atomic mass is 9.95. The van der Waals surface area contributed by atoms with Crippen LogP contribution in [0.3, 0.4) is 0 Å². The third-order valence-electron chi connectivity index (χ3n) is 4.90. The zero-order chi connectivity index (χ0) is 21.7. The Kier molecular flexibility index (Phi) is 6.90. The molecule has 0 spiro atoms. The predicted molar refractivity (Wildman–Crippen MR) is 114 cm³/mol. The number of hydrogen-bond donors (Lipinski definition) is 1. The van der Waals surface area contributed by atoms with Gasteiger partial charge in [-0.1, -0.05) is 44.2 Å². The molecule has 3 rings (SSSR count). The second-order valence-electron chi connectivity index (χ2n) is 7.63. The first-order valence-electron chi connectivity index (χ1n) is 9.99. The Morgan fingerprint density at radius 2 is 1.73 bits per heavy atom. The average molecular weight is 409 g/mol. The minimum absolute atomic E-state index is 0.0816. The molecule has 158 valence electrons. The number of aliphatic hydroxyl groups excluding tert-OH is 1. The Hall–Kier alpha value is -3.12. The number of likely N-dealkylation sites (tertiary alicyclic amines) is 1. The zero-order valence-electron chi connectivity index (χ0n) is 17.5. The number of benzene rings is 2. The molecule has 6 heteroatoms. The van der Waals surface area contributed by atoms with Crippen LogP contribution >= 0.6 is 0 Å². The lowest BCUT2D eigenvalue weighted by molar-refractivity contribution is -0.140. The molecule has 1 aliphatic rings. The summed E-state index contributed by atoms with van der Waals surface area (Å²) in [6.07, 6.45) is 0. The van der Waals surface area contributed by atoms with Crippen LogP contribution in [0.4, 0.5) is 0 Å². The van der Waals surface area contributed by atoms with Crippen LogP contribution in [0.5, 0.6) is 5.75 Å². The molecule has 1 fully saturated rings. The fraction of sp³-hybridized carbons (Fsp3) is 0.333. The first-order valence-corrected chi connectivity index (χ1v) is 9.99. The summed E-state index contributed by atoms with van der Waals surface area (Å²) < 4.78 is 10.8. The summed E-state index contributed by atoms with van der Waals surface area (Å²) in [6.45, 7) is 5.25. The van der Waals surface area contributed by atoms with Crippen molar-refractivity contribution in [1.82, 2.24) is 4.90 Å². The fourth-order valence-corrected chi connectivity index (χ4v) is 3.41. The lowest BCUT2D eigenvalue weighted by Crippen LogP contribution is -2.32. The van der Waals surface area contributed by atoms with Crippen LogP contribution in [0, 0.1) is 5.92 Å². The number of Topliss-reactive ketones (excluding diaryl/α,β-unsaturated/α-hetero) is 1. The number of amides is 1. The molecule has 0 radical (unpaired) electrons. The number of hydrogen-bond acceptors (Lipinski definition) is 5. The van der Waals surface area contributed by atoms with Crippen molar-refractivity contribution in [2.75, 3.05) is 26.9 Å². The van der Waals surface area contributed by atoms with Crippen LogP contribution < -0.4 is 4.74 Å². The van der Waals surface area contributed by atoms with Gasteiger partial charge in [0.1, 0.15) is 11.5 Å². The highest BCUT2D eigenvalue weighted by Crippen LogP contribution is 2.39. The van der Waals surface area contributed by atoms with Gasteiger partial charge in [0.2, 0.25) is 0 Å². The van der Waals surface area contributed by atoms with Gasteiger partial charge in [0.05, 0.1) is 24.8 Å². The van der Waals surface area contributed by atoms with Crippen molar-refractivity contribution in [3.05, 3.63) is 71.3 Å². The molecule has 2 aromatic rings. The van der Waals surface area contributed by atoms with Crippen molar-refractivity contribution in [3.8, 4) is 5.75 Å². The van der Waals surface area contributed by atoms with E-state index in [9.17, 15) is 14.7 Å². The van der Waals surface area contributed by atoms with Gasteiger partial charge in [0.15, 0.2) is 0 Å². The quantitative estimate of drug-likeness (QED) is 0.408. The van der Waals surface area contributed by atoms with Gasteiger partial charge in [-0.25, -0.2) is 0 Å². The number of ether oxygens (including phenoxy) is 2. The Labute approximate surface area is 176 Å². The number of carbonyl (C=O) groups is 2. The molecule has 30 heavy (non-hydrogen) atoms. The van der Waals surface area contributed by atoms with Crippen LogP contribution in [0.1, 0.15) is 31.0 Å². The highest BCUT2D eigenvalue weighted by molar-refractivity contribution is 6.46. The molecule has 2 aromatic carbocycles. The molecule has 0 aromatic heterocycles. The monoisotopic (exact) mass is 409 g/mol. The van der Waals surface area contributed by atoms with E-state index < -0.39 is 17.7 Å². The van der Waals surface area contributed by atoms with E-state index in [1.54, 1.807) is 24.3 Å². The van der Waals surface area contributed by atoms with Gasteiger partial charge in [-0.3, -0.25) is 9.59 Å². The van der Waals surface area contributed by atoms with E-state index in [-0.39, 0.29) is 24.5 Å². The smallest absolute Gasteiger partial charge is 0.295 e. The van der Waals surface area contributed by atoms with Gasteiger partial charge >= 0.3 is 0 Å². The summed E-state index contributed by atoms with van der Waals surface area (Å²) in [5.74, 6) is -0.457. The molecule has 0 aliphatic carbocycles. The molecule has 1 heterocycles. The minimum Gasteiger partial charge on any atom is -0.507 e. The van der Waals surface area contributed by atoms with Crippen molar-refractivity contribution in [1.29, 1.82) is 0 Å². The third-order valence-corrected chi connectivity index (χ3v) is 4.90. The van der Waals surface area contributed by atoms with E-state index in [0.29, 0.717) is 23.8 Å². The van der Waals surface area contributed by atoms with Gasteiger partial charge in [0.25, 0.3) is 11.7 Å². The molecular weight excluding hydrogens is 382 g/mol. The minimum atomic E-state index is -0.697. The molecule has 1 aliphatic heterocycles. The van der Waals surface area contributed by atoms with Crippen molar-refractivity contribution in [2.45, 2.75) is 19.9 Å². The Morgan fingerprint density at radius 1 is 1.07 bits per heavy atom. The number of ketones is 1. The van der Waals surface area contributed by atoms with E-state index >= 15 is 0 Å². The Morgan fingerprint density at radius 3 is 2.33 bits per heavy atom. The van der Waals surface area contributed by atoms with Gasteiger partial charge in [0, 0.05) is 19.2 Å². The third kappa shape index (κ3) is 4.54. The number of aliphatic hydroxyl groups is 1. The van der Waals surface area contributed by atoms with Crippen LogP contribution in [0.2, 0.25) is 0 Å². The van der Waals surface area contributed by atoms with Crippen molar-refractivity contribution >= 4 is 17.4 Å². The van der Waals surface area contributed by atoms with Gasteiger partial charge in [-0.05, 0) is 35.7 Å². The molecular formula is C24H27NO5. The van der Waals surface area contributed by atoms with Crippen molar-refractivity contribution in [3.63, 3.8) is 0 Å². The van der Waals surface area contributed by atoms with E-state index in [0.717, 1.165) is 5.56 Å². The second-order valence-corrected chi connectivity index (χ2v) is 7.63. The van der Waals surface area contributed by atoms with Crippen LogP contribution in [-0.2, 0) is 14.3 Å². The largest absolute Gasteiger partial charge is 0.507 e. The van der Waals surface area contributed by atoms with Crippen LogP contribution in [0.15, 0.2) is 60.2 Å². The molecule has 1 atom stereocenters. The molecule has 1 amide bonds. The zero-order valence-corrected chi connectivity index (χ0v) is 17.5. The molecule has 6 nitrogen and oxygen atoms in total. The van der Waals surface area contributed by atoms with E-state index in [4.69, 9.17) is 9.47 Å². The van der Waals surface area contributed by atoms with Crippen LogP contribution in [-0.4, -0.2) is 48.6 Å². The maximum atomic E-state index is 12.8. The number of nitrogens with zero attached hydrogens (tertiary/aromatic N) is 1. The standard InChI is InChI=1S/C24H27NO5/c1-16(2)15-30-19-11-9-18(10-12-19)22(26)20-21(17-7-5-4-6-8-17)25(13-14-29-3)24(28)23(20)27/h4-12,16,21,26H,13-15H2,1-3H3/t21-/m1/s1. The van der Waals surface area contributed by atoms with Gasteiger partial charge in [-0.2, -0.15) is 0 Å². The summed E-state index contributed by atoms with van der Waals surface area (Å²) in [4.78, 5) is 27.0. The number of carbonyl (C=O) groups excluding carboxylic acids is 2. The summed E-state index contributed by atoms with van der Waals surface area (Å²) >= 11 is 0. The summed E-state index contributed by atoms with van der Waals surface area (Å²) in [7, 11) is 1.54. The fourth-order valence-electron chi connectivity index (χ4n) is 3.41. The molecule has 1 N–H and O–H groups in total. The molecule has 1 saturated heterocycles. The lowest BCUT2D eigenvalue weighted by Gasteiger charge is -2.25. The summed E-state index contributed by atoms with van der Waals surface area (Å²) in [5, 5.41) is 11.0. The normalized spacial score (nSPS) is 18.3. The predicted octanol–water partition coefficient (Wildman–Crippen LogP) is 3.79. The second kappa shape index (κ2) is 9.59. The molecule has 0 unspecified atom stereocenters. The maximum Gasteiger partial charge on any atom is 0.295 e. The summed E-state index contributed by atoms with van der Waals surface area (Å²) in [5.41, 5.74) is 1.29. The van der Waals surface area contributed by atoms with Crippen molar-refractivity contribution < 1.29 is 24.2 Å². The first-order chi connectivity index (χ1) is 14.4. The Balaban J connectivity index is 2.00. The Bertz CT molecular complexity index is 918. The van der Waals surface area contributed by atoms with Gasteiger partial charge < -0.3 is 19.5 Å². The van der Waals surface area contributed by atoms with E-state index in [2.05, 4.69) is 13.8 Å². The number of rotatable bonds is 8. The highest BCUT2D eigenvalue weighted by Gasteiger charge is 2.45. The van der Waals surface area contributed by atoms with Crippen LogP contribution in [0.25, 0.3) is 5.76 Å². The average Bonchev–Trinajstić information content (AvgIpc) is 3.01. The van der Waals surface area contributed by atoms with E-state index in [1.165, 1.54) is 12.0 Å².